The summed E-state index contributed by atoms with van der Waals surface area (Å²) in [6.07, 6.45) is 1.88. The normalized spacial score (nSPS) is 16.8. The van der Waals surface area contributed by atoms with Crippen LogP contribution in [0, 0.1) is 6.92 Å². The second kappa shape index (κ2) is 6.87. The average molecular weight is 389 g/mol. The van der Waals surface area contributed by atoms with Gasteiger partial charge in [-0.1, -0.05) is 47.1 Å². The summed E-state index contributed by atoms with van der Waals surface area (Å²) in [6, 6.07) is 17.8. The summed E-state index contributed by atoms with van der Waals surface area (Å²) in [5.41, 5.74) is 3.79. The summed E-state index contributed by atoms with van der Waals surface area (Å²) < 4.78 is 6.56. The minimum absolute atomic E-state index is 0.00201. The molecule has 0 spiro atoms. The Labute approximate surface area is 166 Å². The van der Waals surface area contributed by atoms with Gasteiger partial charge in [-0.15, -0.1) is 11.3 Å². The number of likely N-dealkylation sites (tertiary alicyclic amines) is 1. The lowest BCUT2D eigenvalue weighted by molar-refractivity contribution is 0.0693. The number of fused-ring (bicyclic) bond motifs is 1. The van der Waals surface area contributed by atoms with Crippen LogP contribution in [0.15, 0.2) is 59.1 Å². The molecule has 5 nitrogen and oxygen atoms in total. The van der Waals surface area contributed by atoms with E-state index < -0.39 is 0 Å². The molecule has 1 fully saturated rings. The number of amides is 1. The van der Waals surface area contributed by atoms with Gasteiger partial charge in [-0.25, -0.2) is 4.98 Å². The zero-order valence-corrected chi connectivity index (χ0v) is 16.3. The smallest absolute Gasteiger partial charge is 0.293 e. The molecule has 3 heterocycles. The number of carbonyl (C=O) groups is 1. The maximum Gasteiger partial charge on any atom is 0.293 e. The molecule has 6 heteroatoms. The number of carbonyl (C=O) groups excluding carboxylic acids is 1. The van der Waals surface area contributed by atoms with Crippen molar-refractivity contribution in [1.29, 1.82) is 0 Å². The van der Waals surface area contributed by atoms with Crippen LogP contribution in [0.25, 0.3) is 21.5 Å². The summed E-state index contributed by atoms with van der Waals surface area (Å²) in [4.78, 5) is 19.7. The van der Waals surface area contributed by atoms with Crippen molar-refractivity contribution >= 4 is 27.5 Å². The van der Waals surface area contributed by atoms with E-state index in [0.29, 0.717) is 12.2 Å². The third kappa shape index (κ3) is 2.99. The van der Waals surface area contributed by atoms with Crippen LogP contribution in [-0.4, -0.2) is 27.5 Å². The number of hydrogen-bond acceptors (Lipinski definition) is 5. The highest BCUT2D eigenvalue weighted by molar-refractivity contribution is 7.18. The van der Waals surface area contributed by atoms with Crippen LogP contribution < -0.4 is 0 Å². The van der Waals surface area contributed by atoms with Crippen LogP contribution in [0.4, 0.5) is 0 Å². The molecule has 0 bridgehead atoms. The lowest BCUT2D eigenvalue weighted by atomic mass is 10.1. The highest BCUT2D eigenvalue weighted by Gasteiger charge is 2.34. The minimum atomic E-state index is -0.118. The molecule has 2 aromatic carbocycles. The van der Waals surface area contributed by atoms with Gasteiger partial charge in [0.1, 0.15) is 10.7 Å². The van der Waals surface area contributed by atoms with Crippen molar-refractivity contribution < 1.29 is 9.32 Å². The number of aryl methyl sites for hydroxylation is 1. The first kappa shape index (κ1) is 17.1. The molecule has 140 valence electrons. The number of rotatable bonds is 3. The lowest BCUT2D eigenvalue weighted by Gasteiger charge is -2.21. The number of benzene rings is 2. The molecule has 0 saturated carbocycles. The van der Waals surface area contributed by atoms with Crippen molar-refractivity contribution in [2.45, 2.75) is 25.8 Å². The van der Waals surface area contributed by atoms with Gasteiger partial charge in [-0.3, -0.25) is 4.79 Å². The van der Waals surface area contributed by atoms with E-state index >= 15 is 0 Å². The second-order valence-electron chi connectivity index (χ2n) is 7.12. The summed E-state index contributed by atoms with van der Waals surface area (Å²) in [5.74, 6) is 0.163. The Balaban J connectivity index is 1.42. The monoisotopic (exact) mass is 389 g/mol. The molecule has 28 heavy (non-hydrogen) atoms. The van der Waals surface area contributed by atoms with Crippen molar-refractivity contribution in [3.8, 4) is 11.3 Å². The molecule has 0 radical (unpaired) electrons. The predicted octanol–water partition coefficient (Wildman–Crippen LogP) is 5.24. The topological polar surface area (TPSA) is 59.2 Å². The highest BCUT2D eigenvalue weighted by Crippen LogP contribution is 2.37. The standard InChI is InChI=1S/C22H19N3O2S/c1-14-8-10-15(11-9-14)17-13-19(27-24-17)22(26)25-12-4-6-18(25)21-23-16-5-2-3-7-20(16)28-21/h2-3,5,7-11,13,18H,4,6,12H2,1H3. The van der Waals surface area contributed by atoms with Gasteiger partial charge < -0.3 is 9.42 Å². The molecule has 2 aromatic heterocycles. The van der Waals surface area contributed by atoms with Gasteiger partial charge in [0.25, 0.3) is 5.91 Å². The third-order valence-electron chi connectivity index (χ3n) is 5.18. The maximum atomic E-state index is 13.1. The van der Waals surface area contributed by atoms with Crippen molar-refractivity contribution in [1.82, 2.24) is 15.0 Å². The molecule has 5 rings (SSSR count). The van der Waals surface area contributed by atoms with Crippen LogP contribution in [0.2, 0.25) is 0 Å². The Hall–Kier alpha value is -2.99. The van der Waals surface area contributed by atoms with Gasteiger partial charge in [0.15, 0.2) is 0 Å². The third-order valence-corrected chi connectivity index (χ3v) is 6.32. The quantitative estimate of drug-likeness (QED) is 0.481. The van der Waals surface area contributed by atoms with Gasteiger partial charge in [0.2, 0.25) is 5.76 Å². The zero-order valence-electron chi connectivity index (χ0n) is 15.5. The van der Waals surface area contributed by atoms with Gasteiger partial charge in [-0.2, -0.15) is 0 Å². The van der Waals surface area contributed by atoms with Gasteiger partial charge in [-0.05, 0) is 31.9 Å². The number of nitrogens with zero attached hydrogens (tertiary/aromatic N) is 3. The lowest BCUT2D eigenvalue weighted by Crippen LogP contribution is -2.30. The van der Waals surface area contributed by atoms with Crippen LogP contribution in [-0.2, 0) is 0 Å². The number of para-hydroxylation sites is 1. The van der Waals surface area contributed by atoms with E-state index in [1.165, 1.54) is 5.56 Å². The summed E-state index contributed by atoms with van der Waals surface area (Å²) in [6.45, 7) is 2.75. The molecule has 1 aliphatic heterocycles. The zero-order chi connectivity index (χ0) is 19.1. The number of thiazole rings is 1. The second-order valence-corrected chi connectivity index (χ2v) is 8.18. The predicted molar refractivity (Wildman–Crippen MR) is 109 cm³/mol. The van der Waals surface area contributed by atoms with E-state index in [1.807, 2.05) is 54.3 Å². The molecule has 1 unspecified atom stereocenters. The van der Waals surface area contributed by atoms with E-state index in [1.54, 1.807) is 17.4 Å². The molecular formula is C22H19N3O2S. The molecule has 0 aliphatic carbocycles. The first-order valence-corrected chi connectivity index (χ1v) is 10.2. The molecule has 1 aliphatic rings. The summed E-state index contributed by atoms with van der Waals surface area (Å²) in [5, 5.41) is 5.10. The highest BCUT2D eigenvalue weighted by atomic mass is 32.1. The minimum Gasteiger partial charge on any atom is -0.350 e. The van der Waals surface area contributed by atoms with E-state index in [-0.39, 0.29) is 17.7 Å². The maximum absolute atomic E-state index is 13.1. The number of hydrogen-bond donors (Lipinski definition) is 0. The fourth-order valence-electron chi connectivity index (χ4n) is 3.68. The van der Waals surface area contributed by atoms with Crippen LogP contribution in [0.1, 0.15) is 40.0 Å². The molecule has 1 amide bonds. The molecule has 1 saturated heterocycles. The van der Waals surface area contributed by atoms with Crippen LogP contribution in [0.5, 0.6) is 0 Å². The van der Waals surface area contributed by atoms with Crippen molar-refractivity contribution in [2.75, 3.05) is 6.54 Å². The largest absolute Gasteiger partial charge is 0.350 e. The average Bonchev–Trinajstić information content (AvgIpc) is 3.46. The van der Waals surface area contributed by atoms with Crippen molar-refractivity contribution in [3.63, 3.8) is 0 Å². The number of aromatic nitrogens is 2. The Kier molecular flexibility index (Phi) is 4.20. The van der Waals surface area contributed by atoms with E-state index in [0.717, 1.165) is 33.6 Å². The Morgan fingerprint density at radius 2 is 2.00 bits per heavy atom. The Morgan fingerprint density at radius 1 is 1.18 bits per heavy atom. The van der Waals surface area contributed by atoms with E-state index in [4.69, 9.17) is 9.51 Å². The first-order chi connectivity index (χ1) is 13.7. The summed E-state index contributed by atoms with van der Waals surface area (Å²) in [7, 11) is 0. The fraction of sp³-hybridized carbons (Fsp3) is 0.227. The molecular weight excluding hydrogens is 370 g/mol. The Bertz CT molecular complexity index is 1110. The molecule has 1 atom stereocenters. The van der Waals surface area contributed by atoms with E-state index in [2.05, 4.69) is 11.2 Å². The Morgan fingerprint density at radius 3 is 2.82 bits per heavy atom. The fourth-order valence-corrected chi connectivity index (χ4v) is 4.79. The van der Waals surface area contributed by atoms with Gasteiger partial charge in [0, 0.05) is 18.2 Å². The first-order valence-electron chi connectivity index (χ1n) is 9.39. The van der Waals surface area contributed by atoms with Crippen molar-refractivity contribution in [2.24, 2.45) is 0 Å². The molecule has 0 N–H and O–H groups in total. The van der Waals surface area contributed by atoms with Crippen LogP contribution in [0.3, 0.4) is 0 Å². The van der Waals surface area contributed by atoms with Crippen LogP contribution >= 0.6 is 11.3 Å². The summed E-state index contributed by atoms with van der Waals surface area (Å²) >= 11 is 1.66. The van der Waals surface area contributed by atoms with Gasteiger partial charge >= 0.3 is 0 Å². The SMILES string of the molecule is Cc1ccc(-c2cc(C(=O)N3CCCC3c3nc4ccccc4s3)on2)cc1. The molecule has 4 aromatic rings. The van der Waals surface area contributed by atoms with E-state index in [9.17, 15) is 4.79 Å². The van der Waals surface area contributed by atoms with Gasteiger partial charge in [0.05, 0.1) is 16.3 Å². The van der Waals surface area contributed by atoms with Crippen molar-refractivity contribution in [3.05, 3.63) is 70.9 Å².